The number of carbonyl (C=O) groups is 3. The largest absolute Gasteiger partial charge is 0.469 e. The Morgan fingerprint density at radius 2 is 1.77 bits per heavy atom. The Balaban J connectivity index is 1.32. The summed E-state index contributed by atoms with van der Waals surface area (Å²) in [5, 5.41) is 36.4. The van der Waals surface area contributed by atoms with Crippen molar-refractivity contribution in [2.75, 3.05) is 20.3 Å². The molecule has 3 N–H and O–H groups in total. The predicted molar refractivity (Wildman–Crippen MR) is 153 cm³/mol. The molecule has 2 bridgehead atoms. The van der Waals surface area contributed by atoms with Crippen molar-refractivity contribution in [3.05, 3.63) is 12.3 Å². The minimum absolute atomic E-state index is 0.0276. The summed E-state index contributed by atoms with van der Waals surface area (Å²) in [6, 6.07) is 0. The third kappa shape index (κ3) is 3.43. The van der Waals surface area contributed by atoms with Crippen LogP contribution in [0.3, 0.4) is 0 Å². The van der Waals surface area contributed by atoms with Crippen molar-refractivity contribution in [1.82, 2.24) is 0 Å². The van der Waals surface area contributed by atoms with E-state index in [1.165, 1.54) is 20.3 Å². The van der Waals surface area contributed by atoms with E-state index in [1.807, 2.05) is 20.8 Å². The molecule has 16 atom stereocenters. The molecule has 1 unspecified atom stereocenters. The molecule has 0 radical (unpaired) electrons. The summed E-state index contributed by atoms with van der Waals surface area (Å²) in [6.45, 7) is 8.26. The summed E-state index contributed by atoms with van der Waals surface area (Å²) in [5.74, 6) is -4.35. The summed E-state index contributed by atoms with van der Waals surface area (Å²) >= 11 is 0. The maximum Gasteiger partial charge on any atom is 0.318 e. The molecule has 4 saturated heterocycles. The first-order valence-corrected chi connectivity index (χ1v) is 16.5. The fourth-order valence-electron chi connectivity index (χ4n) is 11.9. The number of epoxide rings is 1. The Bertz CT molecular complexity index is 1430. The minimum Gasteiger partial charge on any atom is -0.469 e. The molecule has 1 spiro atoms. The fourth-order valence-corrected chi connectivity index (χ4v) is 11.9. The van der Waals surface area contributed by atoms with Gasteiger partial charge in [0.2, 0.25) is 6.29 Å². The zero-order chi connectivity index (χ0) is 33.7. The van der Waals surface area contributed by atoms with Gasteiger partial charge in [-0.15, -0.1) is 0 Å². The van der Waals surface area contributed by atoms with Crippen molar-refractivity contribution < 1.29 is 67.6 Å². The van der Waals surface area contributed by atoms with Gasteiger partial charge in [0, 0.05) is 48.3 Å². The molecule has 0 aromatic heterocycles. The summed E-state index contributed by atoms with van der Waals surface area (Å²) < 4.78 is 48.8. The molecule has 5 aliphatic heterocycles. The molecule has 3 aliphatic carbocycles. The van der Waals surface area contributed by atoms with Gasteiger partial charge in [0.25, 0.3) is 0 Å². The van der Waals surface area contributed by atoms with Gasteiger partial charge >= 0.3 is 17.9 Å². The van der Waals surface area contributed by atoms with Gasteiger partial charge in [0.05, 0.1) is 44.9 Å². The van der Waals surface area contributed by atoms with Crippen LogP contribution in [0.25, 0.3) is 0 Å². The average Bonchev–Trinajstić information content (AvgIpc) is 3.39. The van der Waals surface area contributed by atoms with Gasteiger partial charge in [-0.25, -0.2) is 0 Å². The molecule has 5 heterocycles. The van der Waals surface area contributed by atoms with Gasteiger partial charge in [-0.3, -0.25) is 14.4 Å². The molecule has 0 aromatic rings. The summed E-state index contributed by atoms with van der Waals surface area (Å²) in [5.41, 5.74) is -8.17. The highest BCUT2D eigenvalue weighted by molar-refractivity contribution is 5.80. The van der Waals surface area contributed by atoms with E-state index in [-0.39, 0.29) is 32.0 Å². The van der Waals surface area contributed by atoms with Gasteiger partial charge in [0.1, 0.15) is 28.8 Å². The Labute approximate surface area is 271 Å². The van der Waals surface area contributed by atoms with Gasteiger partial charge in [-0.05, 0) is 25.3 Å². The highest BCUT2D eigenvalue weighted by Gasteiger charge is 2.95. The van der Waals surface area contributed by atoms with E-state index in [2.05, 4.69) is 0 Å². The Hall–Kier alpha value is -2.33. The molecule has 14 nitrogen and oxygen atoms in total. The van der Waals surface area contributed by atoms with Crippen LogP contribution in [0.5, 0.6) is 0 Å². The van der Waals surface area contributed by atoms with Crippen LogP contribution in [-0.2, 0) is 52.3 Å². The van der Waals surface area contributed by atoms with E-state index < -0.39 is 112 Å². The van der Waals surface area contributed by atoms with E-state index in [0.29, 0.717) is 6.42 Å². The molecule has 260 valence electrons. The van der Waals surface area contributed by atoms with Crippen LogP contribution in [0.1, 0.15) is 53.9 Å². The normalized spacial score (nSPS) is 55.8. The van der Waals surface area contributed by atoms with Crippen molar-refractivity contribution in [3.8, 4) is 0 Å². The molecule has 0 aromatic carbocycles. The van der Waals surface area contributed by atoms with Crippen molar-refractivity contribution in [2.24, 2.45) is 39.9 Å². The molecule has 3 saturated carbocycles. The zero-order valence-electron chi connectivity index (χ0n) is 27.4. The Kier molecular flexibility index (Phi) is 6.57. The van der Waals surface area contributed by atoms with Crippen LogP contribution < -0.4 is 0 Å². The van der Waals surface area contributed by atoms with Crippen molar-refractivity contribution in [3.63, 3.8) is 0 Å². The molecule has 7 fully saturated rings. The van der Waals surface area contributed by atoms with Crippen molar-refractivity contribution in [2.45, 2.75) is 114 Å². The number of hydrogen-bond donors (Lipinski definition) is 3. The summed E-state index contributed by atoms with van der Waals surface area (Å²) in [6.07, 6.45) is -4.42. The van der Waals surface area contributed by atoms with Gasteiger partial charge in [0.15, 0.2) is 11.9 Å². The Morgan fingerprint density at radius 1 is 1.02 bits per heavy atom. The maximum atomic E-state index is 14.0. The molecular formula is C33H44O14. The smallest absolute Gasteiger partial charge is 0.318 e. The number of ether oxygens (including phenoxy) is 8. The highest BCUT2D eigenvalue weighted by atomic mass is 16.7. The van der Waals surface area contributed by atoms with Gasteiger partial charge in [-0.1, -0.05) is 20.8 Å². The van der Waals surface area contributed by atoms with Gasteiger partial charge < -0.3 is 53.2 Å². The lowest BCUT2D eigenvalue weighted by atomic mass is 9.38. The van der Waals surface area contributed by atoms with Crippen LogP contribution >= 0.6 is 0 Å². The lowest BCUT2D eigenvalue weighted by Crippen LogP contribution is -2.77. The number of carbonyl (C=O) groups excluding carboxylic acids is 3. The first-order chi connectivity index (χ1) is 22.1. The number of methoxy groups -OCH3 is 1. The van der Waals surface area contributed by atoms with Crippen LogP contribution in [0.15, 0.2) is 12.3 Å². The third-order valence-electron chi connectivity index (χ3n) is 13.4. The minimum atomic E-state index is -1.61. The lowest BCUT2D eigenvalue weighted by Gasteiger charge is -2.65. The maximum absolute atomic E-state index is 14.0. The molecule has 0 amide bonds. The molecule has 8 rings (SSSR count). The van der Waals surface area contributed by atoms with Crippen LogP contribution in [0.2, 0.25) is 0 Å². The Morgan fingerprint density at radius 3 is 2.45 bits per heavy atom. The van der Waals surface area contributed by atoms with Crippen LogP contribution in [0, 0.1) is 39.9 Å². The zero-order valence-corrected chi connectivity index (χ0v) is 27.4. The standard InChI is InChI=1S/C33H44O14/c1-14(2)9-20(35)45-17-11-18(44-15(3)34)31(26(38)40-6)13-42-21-22(31)30(17)12-43-25(37)23(30)28(4,24(21)36)33-19-10-16(29(33,5)47-33)32(39)7-8-41-27(32)46-19/h7-8,14,16-19,21-25,27,36-37,39H,9-13H2,1-6H3/t16-,17-,18-,19+,21-,22+,23+,24-,25+,27+,28+,29+,30?,31+,32-,33+/m1/s1. The van der Waals surface area contributed by atoms with E-state index in [0.717, 1.165) is 0 Å². The average molecular weight is 665 g/mol. The molecular weight excluding hydrogens is 620 g/mol. The topological polar surface area (TPSA) is 189 Å². The second-order valence-corrected chi connectivity index (χ2v) is 15.7. The number of hydrogen-bond acceptors (Lipinski definition) is 14. The molecule has 14 heteroatoms. The second kappa shape index (κ2) is 9.67. The van der Waals surface area contributed by atoms with E-state index in [1.54, 1.807) is 13.0 Å². The first kappa shape index (κ1) is 31.9. The second-order valence-electron chi connectivity index (χ2n) is 15.7. The SMILES string of the molecule is COC(=O)[C@@]12CO[C@H]3[C@@H](O)[C@@](C)([C@]45O[C@@]4(C)[C@H]4C[C@@H]5O[C@@H]5OC=C[C@]54O)[C@@H]4[C@@H](O)OCC4([C@H](OC(=O)CC(C)C)C[C@H]1OC(C)=O)[C@H]32. The van der Waals surface area contributed by atoms with E-state index in [9.17, 15) is 29.7 Å². The van der Waals surface area contributed by atoms with E-state index >= 15 is 0 Å². The number of rotatable bonds is 6. The van der Waals surface area contributed by atoms with Crippen LogP contribution in [-0.4, -0.2) is 113 Å². The van der Waals surface area contributed by atoms with Gasteiger partial charge in [-0.2, -0.15) is 0 Å². The number of esters is 3. The number of aliphatic hydroxyl groups is 3. The van der Waals surface area contributed by atoms with Crippen molar-refractivity contribution >= 4 is 17.9 Å². The predicted octanol–water partition coefficient (Wildman–Crippen LogP) is 0.334. The molecule has 47 heavy (non-hydrogen) atoms. The fraction of sp³-hybridized carbons (Fsp3) is 0.848. The number of aliphatic hydroxyl groups excluding tert-OH is 2. The molecule has 8 aliphatic rings. The van der Waals surface area contributed by atoms with E-state index in [4.69, 9.17) is 37.9 Å². The van der Waals surface area contributed by atoms with Crippen LogP contribution in [0.4, 0.5) is 0 Å². The summed E-state index contributed by atoms with van der Waals surface area (Å²) in [4.78, 5) is 39.9. The third-order valence-corrected chi connectivity index (χ3v) is 13.4. The lowest BCUT2D eigenvalue weighted by molar-refractivity contribution is -0.302. The first-order valence-electron chi connectivity index (χ1n) is 16.5. The summed E-state index contributed by atoms with van der Waals surface area (Å²) in [7, 11) is 1.23. The monoisotopic (exact) mass is 664 g/mol. The quantitative estimate of drug-likeness (QED) is 0.200. The van der Waals surface area contributed by atoms with Crippen molar-refractivity contribution in [1.29, 1.82) is 0 Å². The highest BCUT2D eigenvalue weighted by Crippen LogP contribution is 2.82. The number of fused-ring (bicyclic) bond motifs is 7.